The number of benzene rings is 1. The normalized spacial score (nSPS) is 22.0. The minimum Gasteiger partial charge on any atom is -0.490 e. The van der Waals surface area contributed by atoms with Crippen LogP contribution in [0.15, 0.2) is 36.5 Å². The van der Waals surface area contributed by atoms with Gasteiger partial charge in [0.05, 0.1) is 5.56 Å². The van der Waals surface area contributed by atoms with Crippen molar-refractivity contribution < 1.29 is 53.9 Å². The van der Waals surface area contributed by atoms with Crippen molar-refractivity contribution in [2.75, 3.05) is 37.7 Å². The lowest BCUT2D eigenvalue weighted by atomic mass is 9.95. The molecule has 1 unspecified atom stereocenters. The molecule has 254 valence electrons. The molecule has 1 aromatic carbocycles. The van der Waals surface area contributed by atoms with E-state index in [4.69, 9.17) is 14.3 Å². The van der Waals surface area contributed by atoms with E-state index in [2.05, 4.69) is 15.4 Å². The molecular weight excluding hydrogens is 648 g/mol. The molecule has 0 bridgehead atoms. The topological polar surface area (TPSA) is 123 Å². The zero-order valence-electron chi connectivity index (χ0n) is 24.5. The van der Waals surface area contributed by atoms with Crippen LogP contribution in [-0.4, -0.2) is 78.5 Å². The monoisotopic (exact) mass is 681 g/mol. The first-order valence-corrected chi connectivity index (χ1v) is 16.2. The van der Waals surface area contributed by atoms with E-state index in [0.29, 0.717) is 13.0 Å². The molecule has 5 rings (SSSR count). The van der Waals surface area contributed by atoms with Gasteiger partial charge in [0.2, 0.25) is 16.0 Å². The number of hydrogen-bond acceptors (Lipinski definition) is 9. The maximum Gasteiger partial charge on any atom is 0.433 e. The Balaban J connectivity index is 1.29. The highest BCUT2D eigenvalue weighted by atomic mass is 32.2. The van der Waals surface area contributed by atoms with Crippen LogP contribution >= 0.6 is 0 Å². The summed E-state index contributed by atoms with van der Waals surface area (Å²) >= 11 is 0. The molecule has 0 radical (unpaired) electrons. The first-order valence-electron chi connectivity index (χ1n) is 14.8. The number of nitrogens with one attached hydrogen (secondary N) is 1. The third-order valence-electron chi connectivity index (χ3n) is 8.34. The molecule has 1 amide bonds. The molecule has 3 fully saturated rings. The minimum atomic E-state index is -4.71. The SMILES string of the molecule is O=C(NOC1CCCCO1)C1(S(=O)(=O)N2CCC(Oc3ccc(C(F)(F)F)cc3)CC2)CCN(c2nccc(C(F)(F)F)n2)CC1. The molecule has 11 nitrogen and oxygen atoms in total. The Kier molecular flexibility index (Phi) is 10.0. The number of hydrogen-bond donors (Lipinski definition) is 1. The Labute approximate surface area is 261 Å². The van der Waals surface area contributed by atoms with Gasteiger partial charge in [0.25, 0.3) is 5.91 Å². The molecule has 0 aliphatic carbocycles. The Morgan fingerprint density at radius 2 is 1.61 bits per heavy atom. The van der Waals surface area contributed by atoms with Gasteiger partial charge in [-0.05, 0) is 68.9 Å². The van der Waals surface area contributed by atoms with E-state index in [1.807, 2.05) is 0 Å². The highest BCUT2D eigenvalue weighted by molar-refractivity contribution is 7.91. The van der Waals surface area contributed by atoms with Crippen LogP contribution in [0.25, 0.3) is 0 Å². The van der Waals surface area contributed by atoms with Gasteiger partial charge in [0, 0.05) is 45.4 Å². The average Bonchev–Trinajstić information content (AvgIpc) is 3.04. The summed E-state index contributed by atoms with van der Waals surface area (Å²) in [6, 6.07) is 4.92. The Morgan fingerprint density at radius 3 is 2.20 bits per heavy atom. The Hall–Kier alpha value is -3.22. The van der Waals surface area contributed by atoms with Crippen molar-refractivity contribution in [2.24, 2.45) is 0 Å². The summed E-state index contributed by atoms with van der Waals surface area (Å²) in [6.45, 7) is 0.0770. The number of nitrogens with zero attached hydrogens (tertiary/aromatic N) is 4. The number of alkyl halides is 6. The van der Waals surface area contributed by atoms with E-state index >= 15 is 0 Å². The molecule has 2 aromatic rings. The second kappa shape index (κ2) is 13.5. The van der Waals surface area contributed by atoms with Gasteiger partial charge in [-0.1, -0.05) is 0 Å². The first-order chi connectivity index (χ1) is 21.7. The summed E-state index contributed by atoms with van der Waals surface area (Å²) in [5.74, 6) is -0.958. The van der Waals surface area contributed by atoms with Gasteiger partial charge in [-0.15, -0.1) is 0 Å². The minimum absolute atomic E-state index is 0.0320. The number of rotatable bonds is 8. The fourth-order valence-corrected chi connectivity index (χ4v) is 7.86. The van der Waals surface area contributed by atoms with Gasteiger partial charge in [0.1, 0.15) is 17.5 Å². The number of anilines is 1. The Bertz CT molecular complexity index is 1450. The number of halogens is 6. The largest absolute Gasteiger partial charge is 0.490 e. The molecule has 3 aliphatic heterocycles. The van der Waals surface area contributed by atoms with Gasteiger partial charge in [-0.2, -0.15) is 26.3 Å². The van der Waals surface area contributed by atoms with Gasteiger partial charge >= 0.3 is 12.4 Å². The third-order valence-corrected chi connectivity index (χ3v) is 11.0. The number of hydroxylamine groups is 1. The predicted molar refractivity (Wildman–Crippen MR) is 150 cm³/mol. The number of sulfonamides is 1. The van der Waals surface area contributed by atoms with Crippen LogP contribution in [-0.2, 0) is 36.7 Å². The van der Waals surface area contributed by atoms with Crippen LogP contribution < -0.4 is 15.1 Å². The summed E-state index contributed by atoms with van der Waals surface area (Å²) in [4.78, 5) is 28.0. The zero-order valence-corrected chi connectivity index (χ0v) is 25.3. The second-order valence-electron chi connectivity index (χ2n) is 11.3. The number of carbonyl (C=O) groups is 1. The van der Waals surface area contributed by atoms with E-state index < -0.39 is 56.7 Å². The van der Waals surface area contributed by atoms with Gasteiger partial charge < -0.3 is 14.4 Å². The summed E-state index contributed by atoms with van der Waals surface area (Å²) in [6.07, 6.45) is -7.56. The highest BCUT2D eigenvalue weighted by Gasteiger charge is 2.56. The van der Waals surface area contributed by atoms with E-state index in [1.165, 1.54) is 21.3 Å². The van der Waals surface area contributed by atoms with E-state index in [-0.39, 0.29) is 63.6 Å². The van der Waals surface area contributed by atoms with Crippen molar-refractivity contribution in [3.05, 3.63) is 47.8 Å². The predicted octanol–water partition coefficient (Wildman–Crippen LogP) is 4.30. The fourth-order valence-electron chi connectivity index (χ4n) is 5.70. The lowest BCUT2D eigenvalue weighted by Gasteiger charge is -2.43. The van der Waals surface area contributed by atoms with E-state index in [1.54, 1.807) is 0 Å². The van der Waals surface area contributed by atoms with Crippen LogP contribution in [0.1, 0.15) is 56.2 Å². The van der Waals surface area contributed by atoms with Crippen molar-refractivity contribution in [3.63, 3.8) is 0 Å². The summed E-state index contributed by atoms with van der Waals surface area (Å²) in [7, 11) is -4.38. The molecule has 1 atom stereocenters. The number of aromatic nitrogens is 2. The standard InChI is InChI=1S/C28H33F6N5O6S/c29-27(30,31)19-4-6-20(7-5-19)44-21-9-14-39(15-10-21)46(41,42)26(24(40)37-45-23-3-1-2-18-43-23)11-16-38(17-12-26)25-35-13-8-22(36-25)28(32,33)34/h4-8,13,21,23H,1-3,9-12,14-18H2,(H,37,40). The maximum absolute atomic E-state index is 14.2. The van der Waals surface area contributed by atoms with Gasteiger partial charge in [-0.3, -0.25) is 4.79 Å². The van der Waals surface area contributed by atoms with Gasteiger partial charge in [0.15, 0.2) is 11.0 Å². The fraction of sp³-hybridized carbons (Fsp3) is 0.607. The zero-order chi connectivity index (χ0) is 33.2. The summed E-state index contributed by atoms with van der Waals surface area (Å²) in [5.41, 5.74) is 0.299. The number of ether oxygens (including phenoxy) is 2. The van der Waals surface area contributed by atoms with Gasteiger partial charge in [-0.25, -0.2) is 33.0 Å². The molecule has 46 heavy (non-hydrogen) atoms. The highest BCUT2D eigenvalue weighted by Crippen LogP contribution is 2.37. The maximum atomic E-state index is 14.2. The Morgan fingerprint density at radius 1 is 0.935 bits per heavy atom. The smallest absolute Gasteiger partial charge is 0.433 e. The molecule has 3 saturated heterocycles. The molecule has 4 heterocycles. The van der Waals surface area contributed by atoms with E-state index in [0.717, 1.165) is 37.2 Å². The van der Waals surface area contributed by atoms with Crippen molar-refractivity contribution in [3.8, 4) is 5.75 Å². The van der Waals surface area contributed by atoms with Crippen molar-refractivity contribution >= 4 is 21.9 Å². The molecule has 3 aliphatic rings. The number of piperidine rings is 2. The van der Waals surface area contributed by atoms with Crippen molar-refractivity contribution in [2.45, 2.75) is 74.4 Å². The van der Waals surface area contributed by atoms with Crippen LogP contribution in [0.5, 0.6) is 5.75 Å². The van der Waals surface area contributed by atoms with Crippen LogP contribution in [0.2, 0.25) is 0 Å². The van der Waals surface area contributed by atoms with Crippen molar-refractivity contribution in [1.29, 1.82) is 0 Å². The molecule has 0 spiro atoms. The first kappa shape index (κ1) is 34.1. The summed E-state index contributed by atoms with van der Waals surface area (Å²) < 4.78 is 117. The van der Waals surface area contributed by atoms with Crippen LogP contribution in [0.4, 0.5) is 32.3 Å². The quantitative estimate of drug-likeness (QED) is 0.321. The molecule has 18 heteroatoms. The average molecular weight is 682 g/mol. The molecule has 1 N–H and O–H groups in total. The second-order valence-corrected chi connectivity index (χ2v) is 13.6. The number of amides is 1. The van der Waals surface area contributed by atoms with Crippen LogP contribution in [0, 0.1) is 0 Å². The van der Waals surface area contributed by atoms with Crippen molar-refractivity contribution in [1.82, 2.24) is 19.8 Å². The van der Waals surface area contributed by atoms with Crippen LogP contribution in [0.3, 0.4) is 0 Å². The lowest BCUT2D eigenvalue weighted by molar-refractivity contribution is -0.201. The molecule has 1 aromatic heterocycles. The summed E-state index contributed by atoms with van der Waals surface area (Å²) in [5, 5.41) is 0. The lowest BCUT2D eigenvalue weighted by Crippen LogP contribution is -2.63. The third kappa shape index (κ3) is 7.50. The number of carbonyl (C=O) groups excluding carboxylic acids is 1. The molecule has 0 saturated carbocycles. The van der Waals surface area contributed by atoms with E-state index in [9.17, 15) is 39.6 Å². The molecular formula is C28H33F6N5O6S.